The van der Waals surface area contributed by atoms with E-state index in [1.165, 1.54) is 38.5 Å². The number of unbranched alkanes of at least 4 members (excludes halogenated alkanes) is 5. The van der Waals surface area contributed by atoms with E-state index in [4.69, 9.17) is 15.2 Å². The molecule has 3 nitrogen and oxygen atoms in total. The van der Waals surface area contributed by atoms with Crippen molar-refractivity contribution in [2.75, 3.05) is 19.8 Å². The van der Waals surface area contributed by atoms with Gasteiger partial charge in [-0.1, -0.05) is 39.0 Å². The Labute approximate surface area is 106 Å². The number of hydrogen-bond donors (Lipinski definition) is 1. The monoisotopic (exact) mass is 243 g/mol. The van der Waals surface area contributed by atoms with Gasteiger partial charge in [0.15, 0.2) is 0 Å². The van der Waals surface area contributed by atoms with Crippen molar-refractivity contribution in [3.63, 3.8) is 0 Å². The van der Waals surface area contributed by atoms with Crippen molar-refractivity contribution >= 4 is 0 Å². The molecule has 1 aliphatic heterocycles. The Morgan fingerprint density at radius 3 is 2.47 bits per heavy atom. The Bertz CT molecular complexity index is 176. The number of hydrogen-bond acceptors (Lipinski definition) is 3. The summed E-state index contributed by atoms with van der Waals surface area (Å²) in [5.74, 6) is 0. The van der Waals surface area contributed by atoms with Crippen LogP contribution >= 0.6 is 0 Å². The van der Waals surface area contributed by atoms with Gasteiger partial charge in [0.25, 0.3) is 0 Å². The van der Waals surface area contributed by atoms with Crippen molar-refractivity contribution in [1.29, 1.82) is 0 Å². The van der Waals surface area contributed by atoms with Gasteiger partial charge in [0.05, 0.1) is 18.8 Å². The topological polar surface area (TPSA) is 44.5 Å². The quantitative estimate of drug-likeness (QED) is 0.600. The molecule has 1 saturated heterocycles. The molecule has 2 unspecified atom stereocenters. The van der Waals surface area contributed by atoms with Crippen molar-refractivity contribution in [2.24, 2.45) is 5.73 Å². The van der Waals surface area contributed by atoms with Gasteiger partial charge in [-0.15, -0.1) is 0 Å². The zero-order valence-electron chi connectivity index (χ0n) is 11.3. The van der Waals surface area contributed by atoms with Gasteiger partial charge in [-0.2, -0.15) is 0 Å². The molecule has 0 saturated carbocycles. The number of nitrogens with two attached hydrogens (primary N) is 1. The van der Waals surface area contributed by atoms with Crippen LogP contribution in [0.25, 0.3) is 0 Å². The van der Waals surface area contributed by atoms with E-state index in [-0.39, 0.29) is 6.10 Å². The van der Waals surface area contributed by atoms with Crippen molar-refractivity contribution in [1.82, 2.24) is 0 Å². The molecule has 0 radical (unpaired) electrons. The fraction of sp³-hybridized carbons (Fsp3) is 1.00. The molecule has 17 heavy (non-hydrogen) atoms. The van der Waals surface area contributed by atoms with Crippen molar-refractivity contribution in [2.45, 2.75) is 70.5 Å². The lowest BCUT2D eigenvalue weighted by molar-refractivity contribution is -0.0126. The minimum atomic E-state index is 0.276. The molecular weight excluding hydrogens is 214 g/mol. The van der Waals surface area contributed by atoms with E-state index in [1.54, 1.807) is 0 Å². The molecule has 0 aromatic rings. The molecule has 1 aliphatic rings. The standard InChI is InChI=1S/C14H29NO2/c1-2-3-4-5-6-7-10-16-12-14-9-8-13(11-15)17-14/h13-14H,2-12,15H2,1H3. The van der Waals surface area contributed by atoms with Crippen LogP contribution in [0.2, 0.25) is 0 Å². The first kappa shape index (κ1) is 14.9. The Hall–Kier alpha value is -0.120. The summed E-state index contributed by atoms with van der Waals surface area (Å²) in [6, 6.07) is 0. The van der Waals surface area contributed by atoms with Crippen LogP contribution in [0.4, 0.5) is 0 Å². The Balaban J connectivity index is 1.81. The maximum absolute atomic E-state index is 5.72. The Morgan fingerprint density at radius 1 is 1.06 bits per heavy atom. The first-order valence-corrected chi connectivity index (χ1v) is 7.30. The van der Waals surface area contributed by atoms with Gasteiger partial charge in [-0.25, -0.2) is 0 Å². The highest BCUT2D eigenvalue weighted by atomic mass is 16.5. The lowest BCUT2D eigenvalue weighted by Gasteiger charge is -2.12. The van der Waals surface area contributed by atoms with Crippen LogP contribution < -0.4 is 5.73 Å². The average molecular weight is 243 g/mol. The molecule has 2 N–H and O–H groups in total. The van der Waals surface area contributed by atoms with Gasteiger partial charge in [0.1, 0.15) is 0 Å². The average Bonchev–Trinajstić information content (AvgIpc) is 2.80. The van der Waals surface area contributed by atoms with Gasteiger partial charge < -0.3 is 15.2 Å². The Morgan fingerprint density at radius 2 is 1.76 bits per heavy atom. The smallest absolute Gasteiger partial charge is 0.0813 e. The summed E-state index contributed by atoms with van der Waals surface area (Å²) in [5, 5.41) is 0. The second-order valence-corrected chi connectivity index (χ2v) is 5.04. The summed E-state index contributed by atoms with van der Waals surface area (Å²) >= 11 is 0. The third-order valence-electron chi connectivity index (χ3n) is 3.40. The largest absolute Gasteiger partial charge is 0.379 e. The van der Waals surface area contributed by atoms with Gasteiger partial charge in [0, 0.05) is 13.2 Å². The van der Waals surface area contributed by atoms with Crippen molar-refractivity contribution < 1.29 is 9.47 Å². The van der Waals surface area contributed by atoms with Crippen molar-refractivity contribution in [3.05, 3.63) is 0 Å². The van der Waals surface area contributed by atoms with Crippen LogP contribution in [0, 0.1) is 0 Å². The van der Waals surface area contributed by atoms with Gasteiger partial charge >= 0.3 is 0 Å². The highest BCUT2D eigenvalue weighted by Crippen LogP contribution is 2.19. The lowest BCUT2D eigenvalue weighted by atomic mass is 10.1. The highest BCUT2D eigenvalue weighted by molar-refractivity contribution is 4.73. The molecule has 0 aliphatic carbocycles. The normalized spacial score (nSPS) is 24.4. The highest BCUT2D eigenvalue weighted by Gasteiger charge is 2.23. The summed E-state index contributed by atoms with van der Waals surface area (Å²) in [6.45, 7) is 4.54. The molecule has 0 bridgehead atoms. The van der Waals surface area contributed by atoms with E-state index in [1.807, 2.05) is 0 Å². The van der Waals surface area contributed by atoms with Gasteiger partial charge in [-0.3, -0.25) is 0 Å². The first-order chi connectivity index (χ1) is 8.36. The third-order valence-corrected chi connectivity index (χ3v) is 3.40. The minimum Gasteiger partial charge on any atom is -0.379 e. The molecular formula is C14H29NO2. The van der Waals surface area contributed by atoms with Crippen LogP contribution in [0.5, 0.6) is 0 Å². The van der Waals surface area contributed by atoms with Crippen molar-refractivity contribution in [3.8, 4) is 0 Å². The first-order valence-electron chi connectivity index (χ1n) is 7.30. The van der Waals surface area contributed by atoms with E-state index in [0.717, 1.165) is 26.1 Å². The molecule has 3 heteroatoms. The predicted molar refractivity (Wildman–Crippen MR) is 71.1 cm³/mol. The summed E-state index contributed by atoms with van der Waals surface area (Å²) in [4.78, 5) is 0. The summed E-state index contributed by atoms with van der Waals surface area (Å²) in [6.07, 6.45) is 10.7. The van der Waals surface area contributed by atoms with Crippen LogP contribution in [-0.4, -0.2) is 32.0 Å². The van der Waals surface area contributed by atoms with Crippen LogP contribution in [-0.2, 0) is 9.47 Å². The lowest BCUT2D eigenvalue weighted by Crippen LogP contribution is -2.22. The zero-order chi connectivity index (χ0) is 12.3. The maximum Gasteiger partial charge on any atom is 0.0813 e. The molecule has 2 atom stereocenters. The molecule has 0 amide bonds. The summed E-state index contributed by atoms with van der Waals surface area (Å²) in [7, 11) is 0. The van der Waals surface area contributed by atoms with E-state index in [0.29, 0.717) is 12.6 Å². The zero-order valence-corrected chi connectivity index (χ0v) is 11.3. The third kappa shape index (κ3) is 7.02. The molecule has 1 rings (SSSR count). The van der Waals surface area contributed by atoms with E-state index < -0.39 is 0 Å². The van der Waals surface area contributed by atoms with E-state index in [9.17, 15) is 0 Å². The SMILES string of the molecule is CCCCCCCCOCC1CCC(CN)O1. The van der Waals surface area contributed by atoms with Crippen LogP contribution in [0.3, 0.4) is 0 Å². The number of ether oxygens (including phenoxy) is 2. The maximum atomic E-state index is 5.72. The molecule has 1 heterocycles. The number of rotatable bonds is 10. The van der Waals surface area contributed by atoms with Crippen LogP contribution in [0.15, 0.2) is 0 Å². The molecule has 0 spiro atoms. The summed E-state index contributed by atoms with van der Waals surface area (Å²) < 4.78 is 11.4. The molecule has 1 fully saturated rings. The van der Waals surface area contributed by atoms with E-state index >= 15 is 0 Å². The van der Waals surface area contributed by atoms with E-state index in [2.05, 4.69) is 6.92 Å². The van der Waals surface area contributed by atoms with Gasteiger partial charge in [-0.05, 0) is 19.3 Å². The summed E-state index contributed by atoms with van der Waals surface area (Å²) in [5.41, 5.74) is 5.56. The molecule has 0 aromatic carbocycles. The fourth-order valence-electron chi connectivity index (χ4n) is 2.28. The second kappa shape index (κ2) is 9.86. The fourth-order valence-corrected chi connectivity index (χ4v) is 2.28. The molecule has 0 aromatic heterocycles. The van der Waals surface area contributed by atoms with Gasteiger partial charge in [0.2, 0.25) is 0 Å². The predicted octanol–water partition coefficient (Wildman–Crippen LogP) is 2.87. The molecule has 102 valence electrons. The Kier molecular flexibility index (Phi) is 8.67. The van der Waals surface area contributed by atoms with Crippen LogP contribution in [0.1, 0.15) is 58.3 Å². The minimum absolute atomic E-state index is 0.276. The second-order valence-electron chi connectivity index (χ2n) is 5.04.